The molecule has 0 aliphatic heterocycles. The molecule has 0 saturated carbocycles. The Kier molecular flexibility index (Phi) is 4.24. The number of hydrogen-bond donors (Lipinski definition) is 0. The summed E-state index contributed by atoms with van der Waals surface area (Å²) in [5, 5.41) is -0.140. The molecular formula is C15H11ClI2N2. The molecule has 0 radical (unpaired) electrons. The lowest BCUT2D eigenvalue weighted by Crippen LogP contribution is -2.01. The van der Waals surface area contributed by atoms with Crippen molar-refractivity contribution in [1.82, 2.24) is 9.55 Å². The number of rotatable bonds is 2. The Hall–Kier alpha value is -0.340. The molecule has 0 aliphatic rings. The van der Waals surface area contributed by atoms with Gasteiger partial charge < -0.3 is 0 Å². The van der Waals surface area contributed by atoms with Crippen molar-refractivity contribution < 1.29 is 0 Å². The standard InChI is InChI=1S/C15H11ClI2N2/c1-9(16)15-19-13-8-11(18)4-7-14(13)20(15)12-5-2-10(17)3-6-12/h2-9H,1H3. The normalized spacial score (nSPS) is 12.8. The summed E-state index contributed by atoms with van der Waals surface area (Å²) in [6, 6.07) is 14.7. The Balaban J connectivity index is 2.31. The summed E-state index contributed by atoms with van der Waals surface area (Å²) in [6.07, 6.45) is 0. The van der Waals surface area contributed by atoms with Crippen molar-refractivity contribution in [3.05, 3.63) is 55.4 Å². The smallest absolute Gasteiger partial charge is 0.132 e. The Bertz CT molecular complexity index is 763. The molecule has 20 heavy (non-hydrogen) atoms. The first-order valence-corrected chi connectivity index (χ1v) is 8.73. The second-order valence-electron chi connectivity index (χ2n) is 4.53. The molecule has 0 saturated heterocycles. The molecule has 1 aromatic heterocycles. The Morgan fingerprint density at radius 1 is 1.05 bits per heavy atom. The molecule has 0 aliphatic carbocycles. The topological polar surface area (TPSA) is 17.8 Å². The van der Waals surface area contributed by atoms with Crippen LogP contribution in [-0.2, 0) is 0 Å². The zero-order valence-electron chi connectivity index (χ0n) is 10.6. The number of aromatic nitrogens is 2. The fourth-order valence-corrected chi connectivity index (χ4v) is 3.18. The highest BCUT2D eigenvalue weighted by Gasteiger charge is 2.16. The number of imidazole rings is 1. The zero-order valence-corrected chi connectivity index (χ0v) is 15.7. The summed E-state index contributed by atoms with van der Waals surface area (Å²) in [5.41, 5.74) is 3.17. The maximum absolute atomic E-state index is 6.31. The molecule has 0 amide bonds. The average Bonchev–Trinajstić information content (AvgIpc) is 2.78. The molecule has 0 fully saturated rings. The molecule has 3 aromatic rings. The van der Waals surface area contributed by atoms with E-state index in [9.17, 15) is 0 Å². The van der Waals surface area contributed by atoms with Crippen LogP contribution in [0.1, 0.15) is 18.1 Å². The van der Waals surface area contributed by atoms with Gasteiger partial charge >= 0.3 is 0 Å². The van der Waals surface area contributed by atoms with Gasteiger partial charge in [-0.1, -0.05) is 0 Å². The summed E-state index contributed by atoms with van der Waals surface area (Å²) >= 11 is 10.9. The van der Waals surface area contributed by atoms with E-state index in [2.05, 4.69) is 92.2 Å². The maximum atomic E-state index is 6.31. The van der Waals surface area contributed by atoms with Crippen molar-refractivity contribution in [2.75, 3.05) is 0 Å². The first-order chi connectivity index (χ1) is 9.56. The van der Waals surface area contributed by atoms with E-state index in [4.69, 9.17) is 16.6 Å². The third-order valence-corrected chi connectivity index (χ3v) is 4.67. The molecule has 3 rings (SSSR count). The van der Waals surface area contributed by atoms with Gasteiger partial charge in [0.05, 0.1) is 16.4 Å². The van der Waals surface area contributed by atoms with E-state index >= 15 is 0 Å². The molecule has 0 spiro atoms. The van der Waals surface area contributed by atoms with E-state index < -0.39 is 0 Å². The summed E-state index contributed by atoms with van der Waals surface area (Å²) in [5.74, 6) is 0.880. The van der Waals surface area contributed by atoms with Gasteiger partial charge in [0.2, 0.25) is 0 Å². The van der Waals surface area contributed by atoms with Gasteiger partial charge in [-0.15, -0.1) is 11.6 Å². The molecule has 5 heteroatoms. The van der Waals surface area contributed by atoms with Crippen LogP contribution in [0.25, 0.3) is 16.7 Å². The molecule has 2 aromatic carbocycles. The van der Waals surface area contributed by atoms with Crippen LogP contribution < -0.4 is 0 Å². The van der Waals surface area contributed by atoms with Gasteiger partial charge in [0.25, 0.3) is 0 Å². The van der Waals surface area contributed by atoms with E-state index in [1.165, 1.54) is 7.14 Å². The van der Waals surface area contributed by atoms with Crippen LogP contribution in [-0.4, -0.2) is 9.55 Å². The van der Waals surface area contributed by atoms with Crippen molar-refractivity contribution in [3.63, 3.8) is 0 Å². The van der Waals surface area contributed by atoms with Gasteiger partial charge in [0.15, 0.2) is 0 Å². The lowest BCUT2D eigenvalue weighted by molar-refractivity contribution is 0.882. The van der Waals surface area contributed by atoms with Gasteiger partial charge in [-0.05, 0) is 94.6 Å². The Labute approximate surface area is 149 Å². The Morgan fingerprint density at radius 3 is 2.35 bits per heavy atom. The monoisotopic (exact) mass is 508 g/mol. The molecule has 102 valence electrons. The van der Waals surface area contributed by atoms with Crippen molar-refractivity contribution in [3.8, 4) is 5.69 Å². The predicted molar refractivity (Wildman–Crippen MR) is 101 cm³/mol. The second-order valence-corrected chi connectivity index (χ2v) is 7.68. The number of hydrogen-bond acceptors (Lipinski definition) is 1. The highest BCUT2D eigenvalue weighted by atomic mass is 127. The van der Waals surface area contributed by atoms with Gasteiger partial charge in [0.1, 0.15) is 5.82 Å². The van der Waals surface area contributed by atoms with E-state index in [1.54, 1.807) is 0 Å². The SMILES string of the molecule is CC(Cl)c1nc2cc(I)ccc2n1-c1ccc(I)cc1. The predicted octanol–water partition coefficient (Wildman–Crippen LogP) is 5.53. The molecule has 2 nitrogen and oxygen atoms in total. The summed E-state index contributed by atoms with van der Waals surface area (Å²) in [6.45, 7) is 1.96. The van der Waals surface area contributed by atoms with Gasteiger partial charge in [-0.2, -0.15) is 0 Å². The lowest BCUT2D eigenvalue weighted by atomic mass is 10.2. The fourth-order valence-electron chi connectivity index (χ4n) is 2.20. The summed E-state index contributed by atoms with van der Waals surface area (Å²) in [4.78, 5) is 4.70. The third-order valence-electron chi connectivity index (χ3n) is 3.08. The largest absolute Gasteiger partial charge is 0.295 e. The minimum absolute atomic E-state index is 0.140. The van der Waals surface area contributed by atoms with Crippen molar-refractivity contribution in [2.45, 2.75) is 12.3 Å². The van der Waals surface area contributed by atoms with Crippen LogP contribution in [0.15, 0.2) is 42.5 Å². The average molecular weight is 509 g/mol. The number of fused-ring (bicyclic) bond motifs is 1. The van der Waals surface area contributed by atoms with Crippen LogP contribution in [0, 0.1) is 7.14 Å². The molecule has 1 atom stereocenters. The Morgan fingerprint density at radius 2 is 1.70 bits per heavy atom. The maximum Gasteiger partial charge on any atom is 0.132 e. The van der Waals surface area contributed by atoms with Crippen LogP contribution >= 0.6 is 56.8 Å². The minimum atomic E-state index is -0.140. The van der Waals surface area contributed by atoms with E-state index in [1.807, 2.05) is 6.92 Å². The molecule has 0 N–H and O–H groups in total. The van der Waals surface area contributed by atoms with E-state index in [0.717, 1.165) is 22.5 Å². The lowest BCUT2D eigenvalue weighted by Gasteiger charge is -2.10. The number of nitrogens with zero attached hydrogens (tertiary/aromatic N) is 2. The summed E-state index contributed by atoms with van der Waals surface area (Å²) < 4.78 is 4.53. The quantitative estimate of drug-likeness (QED) is 0.329. The van der Waals surface area contributed by atoms with Gasteiger partial charge in [-0.3, -0.25) is 4.57 Å². The molecule has 0 bridgehead atoms. The molecular weight excluding hydrogens is 497 g/mol. The van der Waals surface area contributed by atoms with Gasteiger partial charge in [-0.25, -0.2) is 4.98 Å². The highest BCUT2D eigenvalue weighted by molar-refractivity contribution is 14.1. The van der Waals surface area contributed by atoms with Crippen molar-refractivity contribution >= 4 is 67.8 Å². The van der Waals surface area contributed by atoms with Crippen molar-refractivity contribution in [2.24, 2.45) is 0 Å². The molecule has 1 unspecified atom stereocenters. The van der Waals surface area contributed by atoms with Crippen LogP contribution in [0.5, 0.6) is 0 Å². The first kappa shape index (κ1) is 14.6. The molecule has 1 heterocycles. The van der Waals surface area contributed by atoms with Crippen LogP contribution in [0.3, 0.4) is 0 Å². The minimum Gasteiger partial charge on any atom is -0.295 e. The van der Waals surface area contributed by atoms with Gasteiger partial charge in [0, 0.05) is 12.8 Å². The number of halogens is 3. The number of benzene rings is 2. The highest BCUT2D eigenvalue weighted by Crippen LogP contribution is 2.29. The van der Waals surface area contributed by atoms with Crippen LogP contribution in [0.4, 0.5) is 0 Å². The number of alkyl halides is 1. The third kappa shape index (κ3) is 2.69. The second kappa shape index (κ2) is 5.81. The van der Waals surface area contributed by atoms with E-state index in [0.29, 0.717) is 0 Å². The van der Waals surface area contributed by atoms with E-state index in [-0.39, 0.29) is 5.38 Å². The summed E-state index contributed by atoms with van der Waals surface area (Å²) in [7, 11) is 0. The fraction of sp³-hybridized carbons (Fsp3) is 0.133. The van der Waals surface area contributed by atoms with Crippen LogP contribution in [0.2, 0.25) is 0 Å². The zero-order chi connectivity index (χ0) is 14.3. The van der Waals surface area contributed by atoms with Crippen molar-refractivity contribution in [1.29, 1.82) is 0 Å². The first-order valence-electron chi connectivity index (χ1n) is 6.14.